The first kappa shape index (κ1) is 16.4. The topological polar surface area (TPSA) is 86.7 Å². The number of amides is 3. The average molecular weight is 331 g/mol. The summed E-state index contributed by atoms with van der Waals surface area (Å²) >= 11 is 0. The zero-order chi connectivity index (χ0) is 17.3. The van der Waals surface area contributed by atoms with Crippen molar-refractivity contribution in [3.63, 3.8) is 0 Å². The predicted octanol–water partition coefficient (Wildman–Crippen LogP) is -0.372. The van der Waals surface area contributed by atoms with E-state index in [0.29, 0.717) is 13.1 Å². The number of hydrogen-bond donors (Lipinski definition) is 0. The van der Waals surface area contributed by atoms with Crippen LogP contribution in [0.25, 0.3) is 0 Å². The lowest BCUT2D eigenvalue weighted by molar-refractivity contribution is -0.145. The van der Waals surface area contributed by atoms with Gasteiger partial charge < -0.3 is 14.7 Å². The molecule has 4 heterocycles. The highest BCUT2D eigenvalue weighted by Crippen LogP contribution is 2.29. The molecule has 0 saturated carbocycles. The Hall–Kier alpha value is -2.51. The fourth-order valence-electron chi connectivity index (χ4n) is 3.27. The van der Waals surface area contributed by atoms with Gasteiger partial charge in [0.2, 0.25) is 11.8 Å². The van der Waals surface area contributed by atoms with Crippen molar-refractivity contribution in [1.29, 1.82) is 0 Å². The van der Waals surface area contributed by atoms with Crippen molar-refractivity contribution in [2.45, 2.75) is 18.9 Å². The Kier molecular flexibility index (Phi) is 4.46. The van der Waals surface area contributed by atoms with Gasteiger partial charge in [-0.3, -0.25) is 19.4 Å². The average Bonchev–Trinajstić information content (AvgIpc) is 2.87. The minimum absolute atomic E-state index is 0.0316. The number of piperidine rings is 1. The Morgan fingerprint density at radius 3 is 2.71 bits per heavy atom. The minimum Gasteiger partial charge on any atom is -0.347 e. The normalized spacial score (nSPS) is 23.2. The summed E-state index contributed by atoms with van der Waals surface area (Å²) in [6.45, 7) is 0.871. The molecule has 0 aliphatic carbocycles. The maximum atomic E-state index is 12.7. The van der Waals surface area contributed by atoms with Crippen molar-refractivity contribution in [2.24, 2.45) is 5.92 Å². The van der Waals surface area contributed by atoms with Crippen molar-refractivity contribution in [3.05, 3.63) is 24.3 Å². The molecule has 2 bridgehead atoms. The molecule has 8 nitrogen and oxygen atoms in total. The molecule has 1 aromatic rings. The quantitative estimate of drug-likeness (QED) is 0.754. The monoisotopic (exact) mass is 331 g/mol. The summed E-state index contributed by atoms with van der Waals surface area (Å²) in [5, 5.41) is 0. The molecule has 0 unspecified atom stereocenters. The van der Waals surface area contributed by atoms with Crippen LogP contribution in [0.15, 0.2) is 18.6 Å². The minimum atomic E-state index is -0.251. The fraction of sp³-hybridized carbons (Fsp3) is 0.562. The third-order valence-electron chi connectivity index (χ3n) is 4.67. The molecule has 3 aliphatic rings. The number of aromatic nitrogens is 2. The first-order valence-corrected chi connectivity index (χ1v) is 8.03. The number of likely N-dealkylation sites (N-methyl/N-ethyl adjacent to an activating group) is 1. The number of rotatable bonds is 3. The van der Waals surface area contributed by atoms with E-state index in [4.69, 9.17) is 0 Å². The number of hydrogen-bond acceptors (Lipinski definition) is 5. The Morgan fingerprint density at radius 1 is 1.25 bits per heavy atom. The summed E-state index contributed by atoms with van der Waals surface area (Å²) in [6.07, 6.45) is 5.99. The zero-order valence-electron chi connectivity index (χ0n) is 13.9. The van der Waals surface area contributed by atoms with Gasteiger partial charge in [-0.1, -0.05) is 0 Å². The van der Waals surface area contributed by atoms with Crippen LogP contribution in [0, 0.1) is 5.92 Å². The van der Waals surface area contributed by atoms with Crippen LogP contribution >= 0.6 is 0 Å². The zero-order valence-corrected chi connectivity index (χ0v) is 13.9. The van der Waals surface area contributed by atoms with E-state index >= 15 is 0 Å². The summed E-state index contributed by atoms with van der Waals surface area (Å²) < 4.78 is 0. The van der Waals surface area contributed by atoms with Crippen LogP contribution < -0.4 is 0 Å². The molecule has 0 N–H and O–H groups in total. The van der Waals surface area contributed by atoms with Crippen molar-refractivity contribution in [1.82, 2.24) is 24.7 Å². The van der Waals surface area contributed by atoms with Crippen molar-refractivity contribution in [3.8, 4) is 0 Å². The third-order valence-corrected chi connectivity index (χ3v) is 4.67. The molecule has 3 saturated heterocycles. The lowest BCUT2D eigenvalue weighted by atomic mass is 9.94. The highest BCUT2D eigenvalue weighted by Gasteiger charge is 2.42. The van der Waals surface area contributed by atoms with Gasteiger partial charge in [-0.15, -0.1) is 0 Å². The molecule has 0 spiro atoms. The Labute approximate surface area is 140 Å². The second kappa shape index (κ2) is 6.54. The van der Waals surface area contributed by atoms with E-state index in [-0.39, 0.29) is 41.9 Å². The van der Waals surface area contributed by atoms with Crippen LogP contribution in [0.3, 0.4) is 0 Å². The van der Waals surface area contributed by atoms with Crippen molar-refractivity contribution in [2.75, 3.05) is 33.7 Å². The van der Waals surface area contributed by atoms with Crippen molar-refractivity contribution >= 4 is 17.7 Å². The van der Waals surface area contributed by atoms with Gasteiger partial charge in [0, 0.05) is 45.6 Å². The van der Waals surface area contributed by atoms with E-state index in [0.717, 1.165) is 12.8 Å². The van der Waals surface area contributed by atoms with Crippen LogP contribution in [-0.2, 0) is 9.59 Å². The molecule has 24 heavy (non-hydrogen) atoms. The number of carbonyl (C=O) groups is 3. The first-order valence-electron chi connectivity index (χ1n) is 8.03. The van der Waals surface area contributed by atoms with Crippen LogP contribution in [0.2, 0.25) is 0 Å². The van der Waals surface area contributed by atoms with Gasteiger partial charge in [0.05, 0.1) is 12.1 Å². The maximum absolute atomic E-state index is 12.7. The van der Waals surface area contributed by atoms with Gasteiger partial charge >= 0.3 is 0 Å². The lowest BCUT2D eigenvalue weighted by Crippen LogP contribution is -2.51. The summed E-state index contributed by atoms with van der Waals surface area (Å²) in [6, 6.07) is -0.124. The molecule has 128 valence electrons. The number of fused-ring (bicyclic) bond motifs is 4. The third kappa shape index (κ3) is 3.08. The van der Waals surface area contributed by atoms with Gasteiger partial charge in [-0.2, -0.15) is 0 Å². The molecule has 2 atom stereocenters. The van der Waals surface area contributed by atoms with Crippen LogP contribution in [0.5, 0.6) is 0 Å². The number of carbonyl (C=O) groups excluding carboxylic acids is 3. The van der Waals surface area contributed by atoms with Gasteiger partial charge in [0.25, 0.3) is 5.91 Å². The Balaban J connectivity index is 1.78. The van der Waals surface area contributed by atoms with Gasteiger partial charge in [-0.05, 0) is 12.8 Å². The SMILES string of the molecule is CN(C)C(=O)CN1C(=O)[C@@H]2CC[C@H]1CN(C(=O)c1cnccn1)C2. The second-order valence-corrected chi connectivity index (χ2v) is 6.48. The molecule has 8 heteroatoms. The molecule has 0 radical (unpaired) electrons. The van der Waals surface area contributed by atoms with E-state index in [1.165, 1.54) is 23.5 Å². The largest absolute Gasteiger partial charge is 0.347 e. The van der Waals surface area contributed by atoms with Crippen LogP contribution in [0.4, 0.5) is 0 Å². The highest BCUT2D eigenvalue weighted by molar-refractivity contribution is 5.93. The van der Waals surface area contributed by atoms with E-state index in [9.17, 15) is 14.4 Å². The van der Waals surface area contributed by atoms with Gasteiger partial charge in [-0.25, -0.2) is 4.98 Å². The predicted molar refractivity (Wildman–Crippen MR) is 84.9 cm³/mol. The fourth-order valence-corrected chi connectivity index (χ4v) is 3.27. The molecular formula is C16H21N5O3. The van der Waals surface area contributed by atoms with Gasteiger partial charge in [0.1, 0.15) is 12.2 Å². The molecule has 3 aliphatic heterocycles. The van der Waals surface area contributed by atoms with E-state index in [1.807, 2.05) is 0 Å². The summed E-state index contributed by atoms with van der Waals surface area (Å²) in [7, 11) is 3.35. The first-order chi connectivity index (χ1) is 11.5. The van der Waals surface area contributed by atoms with Crippen LogP contribution in [0.1, 0.15) is 23.3 Å². The van der Waals surface area contributed by atoms with E-state index < -0.39 is 0 Å². The molecule has 0 aromatic carbocycles. The molecular weight excluding hydrogens is 310 g/mol. The Morgan fingerprint density at radius 2 is 2.04 bits per heavy atom. The lowest BCUT2D eigenvalue weighted by Gasteiger charge is -2.35. The summed E-state index contributed by atoms with van der Waals surface area (Å²) in [4.78, 5) is 50.1. The molecule has 1 aromatic heterocycles. The smallest absolute Gasteiger partial charge is 0.274 e. The highest BCUT2D eigenvalue weighted by atomic mass is 16.2. The molecule has 4 rings (SSSR count). The maximum Gasteiger partial charge on any atom is 0.274 e. The standard InChI is InChI=1S/C16H21N5O3/c1-19(2)14(22)10-21-12-4-3-11(15(21)23)8-20(9-12)16(24)13-7-17-5-6-18-13/h5-7,11-12H,3-4,8-10H2,1-2H3/t11-,12+/m1/s1. The van der Waals surface area contributed by atoms with Gasteiger partial charge in [0.15, 0.2) is 0 Å². The van der Waals surface area contributed by atoms with Crippen LogP contribution in [-0.4, -0.2) is 82.2 Å². The van der Waals surface area contributed by atoms with E-state index in [2.05, 4.69) is 9.97 Å². The summed E-state index contributed by atoms with van der Waals surface area (Å²) in [5.41, 5.74) is 0.280. The number of nitrogens with zero attached hydrogens (tertiary/aromatic N) is 5. The summed E-state index contributed by atoms with van der Waals surface area (Å²) in [5.74, 6) is -0.605. The van der Waals surface area contributed by atoms with Crippen molar-refractivity contribution < 1.29 is 14.4 Å². The Bertz CT molecular complexity index is 648. The second-order valence-electron chi connectivity index (χ2n) is 6.48. The van der Waals surface area contributed by atoms with E-state index in [1.54, 1.807) is 23.9 Å². The molecule has 3 amide bonds. The molecule has 3 fully saturated rings.